The van der Waals surface area contributed by atoms with Crippen molar-refractivity contribution in [2.24, 2.45) is 5.41 Å². The van der Waals surface area contributed by atoms with Crippen molar-refractivity contribution in [3.63, 3.8) is 0 Å². The molecule has 2 heterocycles. The number of rotatable bonds is 7. The molecular weight excluding hydrogens is 334 g/mol. The third-order valence-corrected chi connectivity index (χ3v) is 6.62. The number of carbonyl (C=O) groups is 1. The quantitative estimate of drug-likeness (QED) is 0.692. The van der Waals surface area contributed by atoms with E-state index in [9.17, 15) is 4.79 Å². The van der Waals surface area contributed by atoms with Gasteiger partial charge in [-0.1, -0.05) is 18.2 Å². The molecule has 0 radical (unpaired) electrons. The Bertz CT molecular complexity index is 537. The molecule has 5 heteroatoms. The van der Waals surface area contributed by atoms with E-state index < -0.39 is 0 Å². The number of nitrogens with zero attached hydrogens (tertiary/aromatic N) is 1. The second-order valence-corrected chi connectivity index (χ2v) is 8.12. The lowest BCUT2D eigenvalue weighted by Crippen LogP contribution is -2.49. The Hall–Kier alpha value is -1.20. The van der Waals surface area contributed by atoms with Crippen molar-refractivity contribution in [2.45, 2.75) is 38.6 Å². The van der Waals surface area contributed by atoms with Crippen molar-refractivity contribution in [1.82, 2.24) is 4.90 Å². The van der Waals surface area contributed by atoms with Crippen molar-refractivity contribution in [1.29, 1.82) is 0 Å². The summed E-state index contributed by atoms with van der Waals surface area (Å²) in [6, 6.07) is 10.5. The molecule has 0 amide bonds. The zero-order chi connectivity index (χ0) is 17.5. The first-order chi connectivity index (χ1) is 12.2. The lowest BCUT2D eigenvalue weighted by Gasteiger charge is -2.42. The molecule has 0 aliphatic carbocycles. The van der Waals surface area contributed by atoms with Crippen LogP contribution in [0.15, 0.2) is 30.3 Å². The van der Waals surface area contributed by atoms with E-state index >= 15 is 0 Å². The highest BCUT2D eigenvalue weighted by Gasteiger charge is 2.43. The second-order valence-electron chi connectivity index (χ2n) is 6.97. The van der Waals surface area contributed by atoms with Gasteiger partial charge in [-0.25, -0.2) is 0 Å². The van der Waals surface area contributed by atoms with Crippen LogP contribution in [0.4, 0.5) is 0 Å². The fourth-order valence-corrected chi connectivity index (χ4v) is 5.10. The molecule has 2 saturated heterocycles. The normalized spacial score (nSPS) is 23.3. The van der Waals surface area contributed by atoms with Gasteiger partial charge in [-0.3, -0.25) is 9.69 Å². The van der Waals surface area contributed by atoms with E-state index in [1.54, 1.807) is 0 Å². The molecule has 1 aromatic rings. The van der Waals surface area contributed by atoms with Crippen LogP contribution in [0.5, 0.6) is 5.75 Å². The zero-order valence-corrected chi connectivity index (χ0v) is 15.9. The molecule has 0 saturated carbocycles. The summed E-state index contributed by atoms with van der Waals surface area (Å²) >= 11 is 2.05. The van der Waals surface area contributed by atoms with Gasteiger partial charge in [0.25, 0.3) is 0 Å². The SMILES string of the molecule is CCOC(=O)C1(CCOc2ccccc2)CCN([C@@H]2CCSC2)CC1. The Balaban J connectivity index is 1.58. The standard InChI is InChI=1S/C20H29NO3S/c1-2-23-19(22)20(11-14-24-18-6-4-3-5-7-18)9-12-21(13-10-20)17-8-15-25-16-17/h3-7,17H,2,8-16H2,1H3/t17-/m1/s1. The average Bonchev–Trinajstić information content (AvgIpc) is 3.18. The van der Waals surface area contributed by atoms with Crippen molar-refractivity contribution < 1.29 is 14.3 Å². The van der Waals surface area contributed by atoms with Crippen molar-refractivity contribution in [2.75, 3.05) is 37.8 Å². The number of hydrogen-bond donors (Lipinski definition) is 0. The first-order valence-electron chi connectivity index (χ1n) is 9.40. The van der Waals surface area contributed by atoms with Gasteiger partial charge in [-0.15, -0.1) is 0 Å². The number of thioether (sulfide) groups is 1. The minimum absolute atomic E-state index is 0.0351. The van der Waals surface area contributed by atoms with Crippen LogP contribution in [0.25, 0.3) is 0 Å². The van der Waals surface area contributed by atoms with E-state index in [1.165, 1.54) is 17.9 Å². The third kappa shape index (κ3) is 4.70. The van der Waals surface area contributed by atoms with Gasteiger partial charge in [0.05, 0.1) is 18.6 Å². The first kappa shape index (κ1) is 18.6. The Morgan fingerprint density at radius 3 is 2.68 bits per heavy atom. The summed E-state index contributed by atoms with van der Waals surface area (Å²) in [7, 11) is 0. The molecule has 0 aromatic heterocycles. The van der Waals surface area contributed by atoms with Gasteiger partial charge < -0.3 is 9.47 Å². The van der Waals surface area contributed by atoms with Crippen molar-refractivity contribution in [3.8, 4) is 5.75 Å². The molecule has 2 aliphatic heterocycles. The Labute approximate surface area is 155 Å². The highest BCUT2D eigenvalue weighted by atomic mass is 32.2. The van der Waals surface area contributed by atoms with Crippen LogP contribution in [0.2, 0.25) is 0 Å². The zero-order valence-electron chi connectivity index (χ0n) is 15.1. The maximum Gasteiger partial charge on any atom is 0.312 e. The number of piperidine rings is 1. The predicted molar refractivity (Wildman–Crippen MR) is 102 cm³/mol. The molecule has 0 spiro atoms. The summed E-state index contributed by atoms with van der Waals surface area (Å²) in [6.45, 7) is 4.88. The van der Waals surface area contributed by atoms with Crippen LogP contribution in [0.3, 0.4) is 0 Å². The van der Waals surface area contributed by atoms with Gasteiger partial charge >= 0.3 is 5.97 Å². The summed E-state index contributed by atoms with van der Waals surface area (Å²) in [6.07, 6.45) is 3.78. The lowest BCUT2D eigenvalue weighted by atomic mass is 9.75. The number of esters is 1. The van der Waals surface area contributed by atoms with Gasteiger partial charge in [0.1, 0.15) is 5.75 Å². The maximum atomic E-state index is 12.7. The lowest BCUT2D eigenvalue weighted by molar-refractivity contribution is -0.160. The topological polar surface area (TPSA) is 38.8 Å². The molecular formula is C20H29NO3S. The van der Waals surface area contributed by atoms with Crippen molar-refractivity contribution >= 4 is 17.7 Å². The maximum absolute atomic E-state index is 12.7. The van der Waals surface area contributed by atoms with Crippen LogP contribution < -0.4 is 4.74 Å². The van der Waals surface area contributed by atoms with Gasteiger partial charge in [0.2, 0.25) is 0 Å². The summed E-state index contributed by atoms with van der Waals surface area (Å²) in [5.74, 6) is 3.34. The Kier molecular flexibility index (Phi) is 6.65. The van der Waals surface area contributed by atoms with Gasteiger partial charge in [-0.2, -0.15) is 11.8 Å². The van der Waals surface area contributed by atoms with E-state index in [0.29, 0.717) is 19.3 Å². The molecule has 2 fully saturated rings. The summed E-state index contributed by atoms with van der Waals surface area (Å²) in [4.78, 5) is 15.3. The van der Waals surface area contributed by atoms with E-state index in [1.807, 2.05) is 49.0 Å². The van der Waals surface area contributed by atoms with Gasteiger partial charge in [0.15, 0.2) is 0 Å². The summed E-state index contributed by atoms with van der Waals surface area (Å²) in [5, 5.41) is 0. The number of benzene rings is 1. The minimum Gasteiger partial charge on any atom is -0.494 e. The largest absolute Gasteiger partial charge is 0.494 e. The highest BCUT2D eigenvalue weighted by Crippen LogP contribution is 2.38. The second kappa shape index (κ2) is 8.95. The van der Waals surface area contributed by atoms with E-state index in [-0.39, 0.29) is 11.4 Å². The molecule has 1 atom stereocenters. The molecule has 138 valence electrons. The summed E-state index contributed by atoms with van der Waals surface area (Å²) in [5.41, 5.74) is -0.382. The fraction of sp³-hybridized carbons (Fsp3) is 0.650. The number of ether oxygens (including phenoxy) is 2. The van der Waals surface area contributed by atoms with E-state index in [4.69, 9.17) is 9.47 Å². The average molecular weight is 364 g/mol. The van der Waals surface area contributed by atoms with Crippen LogP contribution in [-0.2, 0) is 9.53 Å². The first-order valence-corrected chi connectivity index (χ1v) is 10.6. The van der Waals surface area contributed by atoms with Gasteiger partial charge in [-0.05, 0) is 63.6 Å². The fourth-order valence-electron chi connectivity index (χ4n) is 3.85. The Morgan fingerprint density at radius 2 is 2.04 bits per heavy atom. The number of carbonyl (C=O) groups excluding carboxylic acids is 1. The number of hydrogen-bond acceptors (Lipinski definition) is 5. The van der Waals surface area contributed by atoms with Crippen LogP contribution in [-0.4, -0.2) is 54.7 Å². The van der Waals surface area contributed by atoms with E-state index in [2.05, 4.69) is 4.90 Å². The monoisotopic (exact) mass is 363 g/mol. The van der Waals surface area contributed by atoms with Crippen LogP contribution in [0.1, 0.15) is 32.6 Å². The number of likely N-dealkylation sites (tertiary alicyclic amines) is 1. The molecule has 3 rings (SSSR count). The van der Waals surface area contributed by atoms with Crippen LogP contribution in [0, 0.1) is 5.41 Å². The molecule has 4 nitrogen and oxygen atoms in total. The molecule has 0 bridgehead atoms. The summed E-state index contributed by atoms with van der Waals surface area (Å²) < 4.78 is 11.3. The molecule has 2 aliphatic rings. The predicted octanol–water partition coefficient (Wildman–Crippen LogP) is 3.61. The van der Waals surface area contributed by atoms with Crippen LogP contribution >= 0.6 is 11.8 Å². The third-order valence-electron chi connectivity index (χ3n) is 5.48. The number of para-hydroxylation sites is 1. The highest BCUT2D eigenvalue weighted by molar-refractivity contribution is 7.99. The Morgan fingerprint density at radius 1 is 1.28 bits per heavy atom. The van der Waals surface area contributed by atoms with Crippen molar-refractivity contribution in [3.05, 3.63) is 30.3 Å². The minimum atomic E-state index is -0.382. The van der Waals surface area contributed by atoms with Gasteiger partial charge in [0, 0.05) is 11.8 Å². The molecule has 25 heavy (non-hydrogen) atoms. The molecule has 0 N–H and O–H groups in total. The smallest absolute Gasteiger partial charge is 0.312 e. The molecule has 1 aromatic carbocycles. The molecule has 0 unspecified atom stereocenters. The van der Waals surface area contributed by atoms with E-state index in [0.717, 1.165) is 38.1 Å².